The van der Waals surface area contributed by atoms with Crippen LogP contribution < -0.4 is 10.5 Å². The summed E-state index contributed by atoms with van der Waals surface area (Å²) in [6, 6.07) is 7.87. The highest BCUT2D eigenvalue weighted by Crippen LogP contribution is 2.27. The molecule has 0 aliphatic rings. The summed E-state index contributed by atoms with van der Waals surface area (Å²) in [5, 5.41) is 11.1. The van der Waals surface area contributed by atoms with Crippen LogP contribution in [0.15, 0.2) is 24.3 Å². The van der Waals surface area contributed by atoms with Gasteiger partial charge in [-0.15, -0.1) is 0 Å². The summed E-state index contributed by atoms with van der Waals surface area (Å²) in [6.07, 6.45) is 0.0600. The smallest absolute Gasteiger partial charge is 0.120 e. The zero-order valence-corrected chi connectivity index (χ0v) is 10.2. The average molecular weight is 234 g/mol. The first-order chi connectivity index (χ1) is 8.17. The van der Waals surface area contributed by atoms with Gasteiger partial charge in [0.05, 0.1) is 18.7 Å². The molecule has 2 aromatic rings. The van der Waals surface area contributed by atoms with Gasteiger partial charge in [-0.25, -0.2) is 0 Å². The van der Waals surface area contributed by atoms with E-state index in [0.29, 0.717) is 13.0 Å². The Morgan fingerprint density at radius 2 is 2.18 bits per heavy atom. The molecular formula is C13H18N2O2. The summed E-state index contributed by atoms with van der Waals surface area (Å²) >= 11 is 0. The van der Waals surface area contributed by atoms with Crippen LogP contribution in [0.1, 0.15) is 18.2 Å². The summed E-state index contributed by atoms with van der Waals surface area (Å²) in [5.74, 6) is 0.818. The van der Waals surface area contributed by atoms with E-state index in [1.807, 2.05) is 35.9 Å². The minimum Gasteiger partial charge on any atom is -0.497 e. The number of aliphatic hydroxyl groups is 1. The Hall–Kier alpha value is -1.52. The number of nitrogens with zero attached hydrogens (tertiary/aromatic N) is 1. The maximum Gasteiger partial charge on any atom is 0.120 e. The third kappa shape index (κ3) is 2.14. The van der Waals surface area contributed by atoms with E-state index in [0.717, 1.165) is 22.3 Å². The van der Waals surface area contributed by atoms with Gasteiger partial charge in [0.1, 0.15) is 5.75 Å². The van der Waals surface area contributed by atoms with Crippen LogP contribution in [0.5, 0.6) is 5.75 Å². The molecule has 4 heteroatoms. The van der Waals surface area contributed by atoms with E-state index in [-0.39, 0.29) is 0 Å². The highest BCUT2D eigenvalue weighted by Gasteiger charge is 2.13. The normalized spacial score (nSPS) is 12.9. The molecular weight excluding hydrogens is 216 g/mol. The van der Waals surface area contributed by atoms with E-state index in [1.54, 1.807) is 7.11 Å². The first-order valence-corrected chi connectivity index (χ1v) is 5.69. The number of aromatic nitrogens is 1. The highest BCUT2D eigenvalue weighted by atomic mass is 16.5. The molecule has 1 unspecified atom stereocenters. The molecule has 0 aliphatic heterocycles. The minimum atomic E-state index is -0.511. The van der Waals surface area contributed by atoms with Crippen LogP contribution in [0.2, 0.25) is 0 Å². The monoisotopic (exact) mass is 234 g/mol. The van der Waals surface area contributed by atoms with Gasteiger partial charge >= 0.3 is 0 Å². The topological polar surface area (TPSA) is 60.4 Å². The molecule has 3 N–H and O–H groups in total. The lowest BCUT2D eigenvalue weighted by Gasteiger charge is -2.10. The van der Waals surface area contributed by atoms with Crippen LogP contribution in [-0.2, 0) is 7.05 Å². The number of benzene rings is 1. The van der Waals surface area contributed by atoms with Gasteiger partial charge in [0, 0.05) is 24.2 Å². The van der Waals surface area contributed by atoms with E-state index >= 15 is 0 Å². The SMILES string of the molecule is COc1ccc2cc(C(O)CCN)n(C)c2c1. The van der Waals surface area contributed by atoms with E-state index < -0.39 is 6.10 Å². The van der Waals surface area contributed by atoms with Crippen molar-refractivity contribution in [3.05, 3.63) is 30.0 Å². The minimum absolute atomic E-state index is 0.478. The summed E-state index contributed by atoms with van der Waals surface area (Å²) < 4.78 is 7.18. The molecule has 0 radical (unpaired) electrons. The van der Waals surface area contributed by atoms with Crippen LogP contribution in [0.3, 0.4) is 0 Å². The van der Waals surface area contributed by atoms with Gasteiger partial charge in [0.15, 0.2) is 0 Å². The molecule has 0 aliphatic carbocycles. The van der Waals surface area contributed by atoms with E-state index in [9.17, 15) is 5.11 Å². The second-order valence-corrected chi connectivity index (χ2v) is 4.15. The number of fused-ring (bicyclic) bond motifs is 1. The van der Waals surface area contributed by atoms with Crippen molar-refractivity contribution in [1.29, 1.82) is 0 Å². The maximum absolute atomic E-state index is 10.00. The summed E-state index contributed by atoms with van der Waals surface area (Å²) in [7, 11) is 3.59. The van der Waals surface area contributed by atoms with Crippen LogP contribution >= 0.6 is 0 Å². The Bertz CT molecular complexity index is 519. The van der Waals surface area contributed by atoms with Crippen molar-refractivity contribution < 1.29 is 9.84 Å². The Kier molecular flexibility index (Phi) is 3.36. The Labute approximate surface area is 101 Å². The Morgan fingerprint density at radius 3 is 2.82 bits per heavy atom. The molecule has 1 atom stereocenters. The van der Waals surface area contributed by atoms with E-state index in [2.05, 4.69) is 0 Å². The molecule has 4 nitrogen and oxygen atoms in total. The first-order valence-electron chi connectivity index (χ1n) is 5.69. The van der Waals surface area contributed by atoms with Crippen LogP contribution in [0.25, 0.3) is 10.9 Å². The second-order valence-electron chi connectivity index (χ2n) is 4.15. The Morgan fingerprint density at radius 1 is 1.41 bits per heavy atom. The van der Waals surface area contributed by atoms with Crippen molar-refractivity contribution in [3.8, 4) is 5.75 Å². The van der Waals surface area contributed by atoms with Gasteiger partial charge in [-0.05, 0) is 31.2 Å². The van der Waals surface area contributed by atoms with Crippen molar-refractivity contribution in [3.63, 3.8) is 0 Å². The van der Waals surface area contributed by atoms with Crippen molar-refractivity contribution >= 4 is 10.9 Å². The zero-order valence-electron chi connectivity index (χ0n) is 10.2. The number of rotatable bonds is 4. The largest absolute Gasteiger partial charge is 0.497 e. The summed E-state index contributed by atoms with van der Waals surface area (Å²) in [4.78, 5) is 0. The first kappa shape index (κ1) is 12.0. The van der Waals surface area contributed by atoms with Gasteiger partial charge in [-0.1, -0.05) is 0 Å². The molecule has 0 saturated heterocycles. The fourth-order valence-corrected chi connectivity index (χ4v) is 2.08. The van der Waals surface area contributed by atoms with Crippen molar-refractivity contribution in [2.45, 2.75) is 12.5 Å². The number of hydrogen-bond donors (Lipinski definition) is 2. The van der Waals surface area contributed by atoms with Gasteiger partial charge in [0.25, 0.3) is 0 Å². The number of methoxy groups -OCH3 is 1. The molecule has 0 saturated carbocycles. The predicted octanol–water partition coefficient (Wildman–Crippen LogP) is 1.57. The van der Waals surface area contributed by atoms with E-state index in [4.69, 9.17) is 10.5 Å². The second kappa shape index (κ2) is 4.77. The standard InChI is InChI=1S/C13H18N2O2/c1-15-11-8-10(17-2)4-3-9(11)7-12(15)13(16)5-6-14/h3-4,7-8,13,16H,5-6,14H2,1-2H3. The highest BCUT2D eigenvalue weighted by molar-refractivity contribution is 5.82. The number of nitrogens with two attached hydrogens (primary N) is 1. The predicted molar refractivity (Wildman–Crippen MR) is 68.1 cm³/mol. The molecule has 1 heterocycles. The molecule has 2 rings (SSSR count). The van der Waals surface area contributed by atoms with Gasteiger partial charge < -0.3 is 20.1 Å². The molecule has 1 aromatic carbocycles. The molecule has 0 fully saturated rings. The number of aliphatic hydroxyl groups excluding tert-OH is 1. The summed E-state index contributed by atoms with van der Waals surface area (Å²) in [5.41, 5.74) is 7.41. The van der Waals surface area contributed by atoms with Gasteiger partial charge in [-0.2, -0.15) is 0 Å². The third-order valence-corrected chi connectivity index (χ3v) is 3.07. The quantitative estimate of drug-likeness (QED) is 0.844. The van der Waals surface area contributed by atoms with Crippen LogP contribution in [0.4, 0.5) is 0 Å². The molecule has 17 heavy (non-hydrogen) atoms. The number of hydrogen-bond acceptors (Lipinski definition) is 3. The van der Waals surface area contributed by atoms with E-state index in [1.165, 1.54) is 0 Å². The number of aryl methyl sites for hydroxylation is 1. The fourth-order valence-electron chi connectivity index (χ4n) is 2.08. The summed E-state index contributed by atoms with van der Waals surface area (Å²) in [6.45, 7) is 0.478. The lowest BCUT2D eigenvalue weighted by Crippen LogP contribution is -2.09. The maximum atomic E-state index is 10.00. The molecule has 92 valence electrons. The van der Waals surface area contributed by atoms with Gasteiger partial charge in [-0.3, -0.25) is 0 Å². The Balaban J connectivity index is 2.49. The lowest BCUT2D eigenvalue weighted by atomic mass is 10.2. The average Bonchev–Trinajstić information content (AvgIpc) is 2.67. The molecule has 1 aromatic heterocycles. The lowest BCUT2D eigenvalue weighted by molar-refractivity contribution is 0.162. The van der Waals surface area contributed by atoms with Crippen LogP contribution in [0, 0.1) is 0 Å². The number of ether oxygens (including phenoxy) is 1. The molecule has 0 spiro atoms. The van der Waals surface area contributed by atoms with Gasteiger partial charge in [0.2, 0.25) is 0 Å². The third-order valence-electron chi connectivity index (χ3n) is 3.07. The molecule has 0 bridgehead atoms. The van der Waals surface area contributed by atoms with Crippen molar-refractivity contribution in [1.82, 2.24) is 4.57 Å². The van der Waals surface area contributed by atoms with Crippen molar-refractivity contribution in [2.24, 2.45) is 12.8 Å². The zero-order chi connectivity index (χ0) is 12.4. The molecule has 0 amide bonds. The van der Waals surface area contributed by atoms with Crippen LogP contribution in [-0.4, -0.2) is 23.3 Å². The van der Waals surface area contributed by atoms with Crippen molar-refractivity contribution in [2.75, 3.05) is 13.7 Å². The fraction of sp³-hybridized carbons (Fsp3) is 0.385.